The highest BCUT2D eigenvalue weighted by Crippen LogP contribution is 2.30. The molecule has 2 heterocycles. The molecule has 0 aromatic heterocycles. The fraction of sp³-hybridized carbons (Fsp3) is 0.294. The minimum absolute atomic E-state index is 0.111. The van der Waals surface area contributed by atoms with Crippen molar-refractivity contribution in [2.24, 2.45) is 15.7 Å². The van der Waals surface area contributed by atoms with Crippen molar-refractivity contribution >= 4 is 34.9 Å². The van der Waals surface area contributed by atoms with Crippen LogP contribution in [0.5, 0.6) is 0 Å². The van der Waals surface area contributed by atoms with E-state index >= 15 is 0 Å². The number of nitrogens with two attached hydrogens (primary N) is 2. The van der Waals surface area contributed by atoms with Crippen LogP contribution in [-0.4, -0.2) is 42.9 Å². The number of benzene rings is 1. The van der Waals surface area contributed by atoms with Crippen molar-refractivity contribution in [1.82, 2.24) is 10.4 Å². The summed E-state index contributed by atoms with van der Waals surface area (Å²) in [6.07, 6.45) is -3.20. The maximum absolute atomic E-state index is 13.9. The maximum Gasteiger partial charge on any atom is 0.452 e. The SMILES string of the molecule is C[NH2+]C(C=C1C(N)=NCCN1Cc1c(Cl)ccc(F)c1Cl)=C1N=C(C(F)(F)F)NO1. The zero-order chi connectivity index (χ0) is 22.1. The Bertz CT molecular complexity index is 974. The van der Waals surface area contributed by atoms with Crippen molar-refractivity contribution < 1.29 is 27.7 Å². The largest absolute Gasteiger partial charge is 0.452 e. The number of halogens is 6. The van der Waals surface area contributed by atoms with Crippen molar-refractivity contribution in [1.29, 1.82) is 0 Å². The Kier molecular flexibility index (Phi) is 6.44. The molecule has 13 heteroatoms. The number of hydrogen-bond acceptors (Lipinski definition) is 6. The summed E-state index contributed by atoms with van der Waals surface area (Å²) >= 11 is 12.2. The molecule has 2 aliphatic heterocycles. The Morgan fingerprint density at radius 3 is 2.77 bits per heavy atom. The van der Waals surface area contributed by atoms with E-state index in [-0.39, 0.29) is 34.0 Å². The number of allylic oxidation sites excluding steroid dienone is 1. The highest BCUT2D eigenvalue weighted by atomic mass is 35.5. The summed E-state index contributed by atoms with van der Waals surface area (Å²) in [6, 6.07) is 2.55. The van der Waals surface area contributed by atoms with Gasteiger partial charge < -0.3 is 20.8 Å². The van der Waals surface area contributed by atoms with Crippen LogP contribution in [0.3, 0.4) is 0 Å². The van der Waals surface area contributed by atoms with Crippen LogP contribution >= 0.6 is 23.2 Å². The Hall–Kier alpha value is -2.50. The number of aliphatic imine (C=N–C) groups is 2. The van der Waals surface area contributed by atoms with Crippen molar-refractivity contribution in [3.63, 3.8) is 0 Å². The number of rotatable bonds is 4. The third-order valence-corrected chi connectivity index (χ3v) is 5.08. The van der Waals surface area contributed by atoms with E-state index in [1.807, 2.05) is 0 Å². The number of nitrogens with one attached hydrogen (secondary N) is 1. The van der Waals surface area contributed by atoms with Crippen LogP contribution < -0.4 is 16.5 Å². The van der Waals surface area contributed by atoms with Gasteiger partial charge in [0.05, 0.1) is 24.3 Å². The molecule has 1 aromatic carbocycles. The van der Waals surface area contributed by atoms with E-state index in [0.29, 0.717) is 24.4 Å². The first-order valence-electron chi connectivity index (χ1n) is 8.63. The van der Waals surface area contributed by atoms with Gasteiger partial charge in [0.15, 0.2) is 5.70 Å². The molecule has 2 aliphatic rings. The molecule has 7 nitrogen and oxygen atoms in total. The summed E-state index contributed by atoms with van der Waals surface area (Å²) in [6.45, 7) is 0.877. The summed E-state index contributed by atoms with van der Waals surface area (Å²) in [7, 11) is 1.60. The van der Waals surface area contributed by atoms with Crippen LogP contribution in [-0.2, 0) is 11.4 Å². The summed E-state index contributed by atoms with van der Waals surface area (Å²) in [5.41, 5.74) is 8.74. The number of quaternary nitrogens is 1. The summed E-state index contributed by atoms with van der Waals surface area (Å²) in [4.78, 5) is 14.2. The Morgan fingerprint density at radius 2 is 2.13 bits per heavy atom. The molecule has 162 valence electrons. The van der Waals surface area contributed by atoms with E-state index in [0.717, 1.165) is 6.07 Å². The summed E-state index contributed by atoms with van der Waals surface area (Å²) in [5, 5.41) is 1.66. The molecule has 0 spiro atoms. The number of nitrogens with zero attached hydrogens (tertiary/aromatic N) is 3. The number of amidine groups is 2. The van der Waals surface area contributed by atoms with E-state index in [2.05, 4.69) is 9.98 Å². The Labute approximate surface area is 178 Å². The topological polar surface area (TPSA) is 91.9 Å². The molecule has 0 unspecified atom stereocenters. The molecule has 1 aromatic rings. The lowest BCUT2D eigenvalue weighted by atomic mass is 10.1. The van der Waals surface area contributed by atoms with Crippen LogP contribution in [0.1, 0.15) is 5.56 Å². The minimum atomic E-state index is -4.68. The van der Waals surface area contributed by atoms with E-state index in [9.17, 15) is 17.6 Å². The van der Waals surface area contributed by atoms with Gasteiger partial charge in [-0.25, -0.2) is 4.39 Å². The average Bonchev–Trinajstić information content (AvgIpc) is 3.18. The summed E-state index contributed by atoms with van der Waals surface area (Å²) < 4.78 is 52.3. The van der Waals surface area contributed by atoms with Crippen molar-refractivity contribution in [2.45, 2.75) is 12.7 Å². The first-order chi connectivity index (χ1) is 14.1. The molecule has 0 atom stereocenters. The van der Waals surface area contributed by atoms with Crippen LogP contribution in [0, 0.1) is 5.82 Å². The zero-order valence-electron chi connectivity index (χ0n) is 15.5. The fourth-order valence-electron chi connectivity index (χ4n) is 2.79. The second kappa shape index (κ2) is 8.70. The summed E-state index contributed by atoms with van der Waals surface area (Å²) in [5.74, 6) is -2.02. The molecule has 30 heavy (non-hydrogen) atoms. The third-order valence-electron chi connectivity index (χ3n) is 4.32. The predicted molar refractivity (Wildman–Crippen MR) is 104 cm³/mol. The van der Waals surface area contributed by atoms with E-state index in [1.54, 1.807) is 17.4 Å². The lowest BCUT2D eigenvalue weighted by molar-refractivity contribution is -0.573. The quantitative estimate of drug-likeness (QED) is 0.466. The molecule has 0 aliphatic carbocycles. The van der Waals surface area contributed by atoms with E-state index in [1.165, 1.54) is 17.5 Å². The number of likely N-dealkylation sites (N-methyl/N-ethyl adjacent to an activating group) is 1. The van der Waals surface area contributed by atoms with Gasteiger partial charge in [0, 0.05) is 29.8 Å². The Balaban J connectivity index is 1.99. The van der Waals surface area contributed by atoms with E-state index in [4.69, 9.17) is 33.8 Å². The van der Waals surface area contributed by atoms with Gasteiger partial charge in [-0.2, -0.15) is 23.6 Å². The standard InChI is InChI=1S/C17H16Cl2F4N6O/c1-25-11(15-27-16(28-30-15)17(21,22)23)6-12-14(24)26-4-5-29(12)7-8-9(18)2-3-10(20)13(8)19/h2-3,6,25H,4-5,7H2,1H3,(H2,24,26)(H,27,28)/p+1. The van der Waals surface area contributed by atoms with Gasteiger partial charge in [-0.1, -0.05) is 23.2 Å². The molecule has 0 radical (unpaired) electrons. The van der Waals surface area contributed by atoms with Gasteiger partial charge >= 0.3 is 12.1 Å². The predicted octanol–water partition coefficient (Wildman–Crippen LogP) is 2.05. The van der Waals surface area contributed by atoms with Crippen molar-refractivity contribution in [3.05, 3.63) is 56.9 Å². The average molecular weight is 468 g/mol. The maximum atomic E-state index is 13.9. The van der Waals surface area contributed by atoms with Crippen molar-refractivity contribution in [2.75, 3.05) is 20.1 Å². The van der Waals surface area contributed by atoms with Crippen LogP contribution in [0.25, 0.3) is 0 Å². The van der Waals surface area contributed by atoms with Gasteiger partial charge in [-0.05, 0) is 12.1 Å². The number of alkyl halides is 3. The molecule has 5 N–H and O–H groups in total. The fourth-order valence-corrected chi connectivity index (χ4v) is 3.28. The first kappa shape index (κ1) is 22.2. The third kappa shape index (κ3) is 4.63. The second-order valence-electron chi connectivity index (χ2n) is 6.25. The number of hydroxylamine groups is 1. The number of hydrogen-bond donors (Lipinski definition) is 3. The first-order valence-corrected chi connectivity index (χ1v) is 9.39. The highest BCUT2D eigenvalue weighted by Gasteiger charge is 2.41. The molecule has 0 fully saturated rings. The van der Waals surface area contributed by atoms with E-state index < -0.39 is 17.8 Å². The smallest absolute Gasteiger partial charge is 0.382 e. The van der Waals surface area contributed by atoms with Gasteiger partial charge in [-0.3, -0.25) is 4.99 Å². The normalized spacial score (nSPS) is 20.0. The molecule has 0 bridgehead atoms. The minimum Gasteiger partial charge on any atom is -0.382 e. The lowest BCUT2D eigenvalue weighted by Gasteiger charge is -2.30. The Morgan fingerprint density at radius 1 is 1.40 bits per heavy atom. The second-order valence-corrected chi connectivity index (χ2v) is 7.04. The molecule has 0 saturated carbocycles. The van der Waals surface area contributed by atoms with Gasteiger partial charge in [0.1, 0.15) is 11.7 Å². The highest BCUT2D eigenvalue weighted by molar-refractivity contribution is 6.36. The van der Waals surface area contributed by atoms with Gasteiger partial charge in [-0.15, -0.1) is 0 Å². The molecule has 0 amide bonds. The lowest BCUT2D eigenvalue weighted by Crippen LogP contribution is -2.77. The molecule has 0 saturated heterocycles. The van der Waals surface area contributed by atoms with Crippen LogP contribution in [0.15, 0.2) is 45.5 Å². The molecule has 3 rings (SSSR count). The van der Waals surface area contributed by atoms with Crippen molar-refractivity contribution in [3.8, 4) is 0 Å². The molecular formula is C17H17Cl2F4N6O+. The van der Waals surface area contributed by atoms with Gasteiger partial charge in [0.2, 0.25) is 5.84 Å². The monoisotopic (exact) mass is 467 g/mol. The van der Waals surface area contributed by atoms with Crippen LogP contribution in [0.2, 0.25) is 10.0 Å². The van der Waals surface area contributed by atoms with Crippen LogP contribution in [0.4, 0.5) is 17.6 Å². The molecular weight excluding hydrogens is 451 g/mol. The van der Waals surface area contributed by atoms with Gasteiger partial charge in [0.25, 0.3) is 0 Å². The zero-order valence-corrected chi connectivity index (χ0v) is 17.0.